The van der Waals surface area contributed by atoms with Crippen LogP contribution in [0.25, 0.3) is 17.1 Å². The van der Waals surface area contributed by atoms with Gasteiger partial charge in [0.2, 0.25) is 5.91 Å². The average Bonchev–Trinajstić information content (AvgIpc) is 2.56. The Balaban J connectivity index is 1.72. The van der Waals surface area contributed by atoms with Crippen molar-refractivity contribution in [3.05, 3.63) is 70.5 Å². The minimum absolute atomic E-state index is 0.293. The molecule has 6 heteroatoms. The smallest absolute Gasteiger partial charge is 0.248 e. The van der Waals surface area contributed by atoms with Gasteiger partial charge in [-0.1, -0.05) is 35.3 Å². The lowest BCUT2D eigenvalue weighted by atomic mass is 10.3. The van der Waals surface area contributed by atoms with Crippen LogP contribution in [-0.2, 0) is 4.79 Å². The average molecular weight is 344 g/mol. The van der Waals surface area contributed by atoms with Crippen molar-refractivity contribution in [1.82, 2.24) is 9.97 Å². The summed E-state index contributed by atoms with van der Waals surface area (Å²) in [6.45, 7) is 0. The van der Waals surface area contributed by atoms with Gasteiger partial charge in [0.25, 0.3) is 0 Å². The van der Waals surface area contributed by atoms with Crippen molar-refractivity contribution in [3.63, 3.8) is 0 Å². The van der Waals surface area contributed by atoms with Gasteiger partial charge in [0.05, 0.1) is 33.0 Å². The summed E-state index contributed by atoms with van der Waals surface area (Å²) in [6, 6.07) is 12.4. The number of hydrogen-bond donors (Lipinski definition) is 1. The van der Waals surface area contributed by atoms with Gasteiger partial charge in [0.1, 0.15) is 0 Å². The summed E-state index contributed by atoms with van der Waals surface area (Å²) in [5.74, 6) is -0.293. The summed E-state index contributed by atoms with van der Waals surface area (Å²) in [5.41, 5.74) is 2.76. The third-order valence-electron chi connectivity index (χ3n) is 3.06. The molecule has 0 aliphatic rings. The number of halogens is 2. The van der Waals surface area contributed by atoms with Gasteiger partial charge >= 0.3 is 0 Å². The fraction of sp³-hybridized carbons (Fsp3) is 0. The molecule has 114 valence electrons. The SMILES string of the molecule is O=C(C=Cc1cnc2ccccc2n1)Nc1ccc(Cl)c(Cl)c1. The summed E-state index contributed by atoms with van der Waals surface area (Å²) >= 11 is 11.7. The summed E-state index contributed by atoms with van der Waals surface area (Å²) in [5, 5.41) is 3.52. The molecule has 4 nitrogen and oxygen atoms in total. The summed E-state index contributed by atoms with van der Waals surface area (Å²) in [6.07, 6.45) is 4.61. The third-order valence-corrected chi connectivity index (χ3v) is 3.80. The van der Waals surface area contributed by atoms with Crippen molar-refractivity contribution >= 4 is 51.9 Å². The van der Waals surface area contributed by atoms with Crippen LogP contribution in [0.5, 0.6) is 0 Å². The molecular weight excluding hydrogens is 333 g/mol. The number of rotatable bonds is 3. The lowest BCUT2D eigenvalue weighted by molar-refractivity contribution is -0.111. The second-order valence-corrected chi connectivity index (χ2v) is 5.55. The molecule has 1 heterocycles. The molecule has 0 unspecified atom stereocenters. The maximum absolute atomic E-state index is 11.9. The van der Waals surface area contributed by atoms with Crippen LogP contribution in [0.2, 0.25) is 10.0 Å². The van der Waals surface area contributed by atoms with Crippen LogP contribution in [-0.4, -0.2) is 15.9 Å². The highest BCUT2D eigenvalue weighted by molar-refractivity contribution is 6.42. The first-order valence-corrected chi connectivity index (χ1v) is 7.53. The second-order valence-electron chi connectivity index (χ2n) is 4.74. The number of carbonyl (C=O) groups excluding carboxylic acids is 1. The van der Waals surface area contributed by atoms with Crippen molar-refractivity contribution in [1.29, 1.82) is 0 Å². The number of aromatic nitrogens is 2. The lowest BCUT2D eigenvalue weighted by Crippen LogP contribution is -2.07. The van der Waals surface area contributed by atoms with Crippen LogP contribution < -0.4 is 5.32 Å². The van der Waals surface area contributed by atoms with Crippen molar-refractivity contribution in [2.75, 3.05) is 5.32 Å². The van der Waals surface area contributed by atoms with Gasteiger partial charge in [0.15, 0.2) is 0 Å². The largest absolute Gasteiger partial charge is 0.322 e. The number of nitrogens with one attached hydrogen (secondary N) is 1. The van der Waals surface area contributed by atoms with Gasteiger partial charge in [-0.2, -0.15) is 0 Å². The van der Waals surface area contributed by atoms with E-state index in [0.29, 0.717) is 21.4 Å². The molecule has 1 N–H and O–H groups in total. The van der Waals surface area contributed by atoms with E-state index in [1.54, 1.807) is 30.5 Å². The topological polar surface area (TPSA) is 54.9 Å². The quantitative estimate of drug-likeness (QED) is 0.707. The molecule has 3 aromatic rings. The van der Waals surface area contributed by atoms with Crippen LogP contribution in [0.4, 0.5) is 5.69 Å². The Hall–Kier alpha value is -2.43. The molecule has 0 saturated heterocycles. The Labute approximate surface area is 142 Å². The number of fused-ring (bicyclic) bond motifs is 1. The van der Waals surface area contributed by atoms with Crippen LogP contribution in [0.15, 0.2) is 54.7 Å². The van der Waals surface area contributed by atoms with Gasteiger partial charge < -0.3 is 5.32 Å². The van der Waals surface area contributed by atoms with E-state index in [9.17, 15) is 4.79 Å². The molecule has 0 fully saturated rings. The van der Waals surface area contributed by atoms with E-state index in [4.69, 9.17) is 23.2 Å². The Morgan fingerprint density at radius 2 is 1.83 bits per heavy atom. The maximum Gasteiger partial charge on any atom is 0.248 e. The fourth-order valence-electron chi connectivity index (χ4n) is 1.97. The van der Waals surface area contributed by atoms with Gasteiger partial charge in [-0.3, -0.25) is 9.78 Å². The normalized spacial score (nSPS) is 11.0. The second kappa shape index (κ2) is 6.77. The van der Waals surface area contributed by atoms with Crippen molar-refractivity contribution < 1.29 is 4.79 Å². The Morgan fingerprint density at radius 1 is 1.04 bits per heavy atom. The standard InChI is InChI=1S/C17H11Cl2N3O/c18-13-7-5-11(9-14(13)19)22-17(23)8-6-12-10-20-15-3-1-2-4-16(15)21-12/h1-10H,(H,22,23). The van der Waals surface area contributed by atoms with E-state index in [2.05, 4.69) is 15.3 Å². The van der Waals surface area contributed by atoms with Gasteiger partial charge in [-0.05, 0) is 36.4 Å². The first kappa shape index (κ1) is 15.5. The molecule has 0 aliphatic carbocycles. The number of carbonyl (C=O) groups is 1. The Morgan fingerprint density at radius 3 is 2.61 bits per heavy atom. The number of para-hydroxylation sites is 2. The van der Waals surface area contributed by atoms with Crippen LogP contribution in [0.1, 0.15) is 5.69 Å². The third kappa shape index (κ3) is 3.86. The summed E-state index contributed by atoms with van der Waals surface area (Å²) in [4.78, 5) is 20.6. The van der Waals surface area contributed by atoms with E-state index < -0.39 is 0 Å². The summed E-state index contributed by atoms with van der Waals surface area (Å²) < 4.78 is 0. The van der Waals surface area contributed by atoms with E-state index in [1.165, 1.54) is 6.08 Å². The molecule has 0 saturated carbocycles. The predicted molar refractivity (Wildman–Crippen MR) is 93.7 cm³/mol. The molecule has 0 spiro atoms. The van der Waals surface area contributed by atoms with Crippen molar-refractivity contribution in [2.45, 2.75) is 0 Å². The van der Waals surface area contributed by atoms with E-state index in [-0.39, 0.29) is 5.91 Å². The fourth-order valence-corrected chi connectivity index (χ4v) is 2.27. The molecule has 1 aromatic heterocycles. The minimum atomic E-state index is -0.293. The van der Waals surface area contributed by atoms with Gasteiger partial charge in [0, 0.05) is 11.8 Å². The first-order valence-electron chi connectivity index (χ1n) is 6.78. The zero-order chi connectivity index (χ0) is 16.2. The molecule has 3 rings (SSSR count). The van der Waals surface area contributed by atoms with Crippen molar-refractivity contribution in [3.8, 4) is 0 Å². The molecule has 0 bridgehead atoms. The number of hydrogen-bond acceptors (Lipinski definition) is 3. The lowest BCUT2D eigenvalue weighted by Gasteiger charge is -2.03. The zero-order valence-electron chi connectivity index (χ0n) is 11.8. The van der Waals surface area contributed by atoms with E-state index >= 15 is 0 Å². The van der Waals surface area contributed by atoms with Gasteiger partial charge in [-0.15, -0.1) is 0 Å². The highest BCUT2D eigenvalue weighted by atomic mass is 35.5. The van der Waals surface area contributed by atoms with Crippen molar-refractivity contribution in [2.24, 2.45) is 0 Å². The molecule has 0 radical (unpaired) electrons. The molecular formula is C17H11Cl2N3O. The Kier molecular flexibility index (Phi) is 4.55. The highest BCUT2D eigenvalue weighted by Gasteiger charge is 2.02. The number of anilines is 1. The predicted octanol–water partition coefficient (Wildman–Crippen LogP) is 4.59. The van der Waals surface area contributed by atoms with Crippen LogP contribution in [0, 0.1) is 0 Å². The van der Waals surface area contributed by atoms with Crippen LogP contribution >= 0.6 is 23.2 Å². The first-order chi connectivity index (χ1) is 11.1. The van der Waals surface area contributed by atoms with E-state index in [1.807, 2.05) is 24.3 Å². The van der Waals surface area contributed by atoms with E-state index in [0.717, 1.165) is 11.0 Å². The number of benzene rings is 2. The summed E-state index contributed by atoms with van der Waals surface area (Å²) in [7, 11) is 0. The monoisotopic (exact) mass is 343 g/mol. The molecule has 0 atom stereocenters. The molecule has 2 aromatic carbocycles. The maximum atomic E-state index is 11.9. The van der Waals surface area contributed by atoms with Crippen LogP contribution in [0.3, 0.4) is 0 Å². The zero-order valence-corrected chi connectivity index (χ0v) is 13.3. The number of nitrogens with zero attached hydrogens (tertiary/aromatic N) is 2. The van der Waals surface area contributed by atoms with Gasteiger partial charge in [-0.25, -0.2) is 4.98 Å². The minimum Gasteiger partial charge on any atom is -0.322 e. The Bertz CT molecular complexity index is 909. The molecule has 23 heavy (non-hydrogen) atoms. The molecule has 1 amide bonds. The molecule has 0 aliphatic heterocycles. The number of amides is 1. The highest BCUT2D eigenvalue weighted by Crippen LogP contribution is 2.24.